The lowest BCUT2D eigenvalue weighted by Crippen LogP contribution is -2.35. The number of aromatic nitrogens is 2. The standard InChI is InChI=1S/C16H20N4O4/c1-11-6-4-5-7-14(11)24-12(2)8-17-16(21)10-19-9-15(20(22)23)18-13(19)3/h4-7,9,12H,8,10H2,1-3H3,(H,17,21)/t12-/m0/s1. The van der Waals surface area contributed by atoms with Crippen LogP contribution in [-0.4, -0.2) is 33.0 Å². The van der Waals surface area contributed by atoms with Gasteiger partial charge in [0, 0.05) is 6.92 Å². The van der Waals surface area contributed by atoms with Gasteiger partial charge in [0.15, 0.2) is 0 Å². The lowest BCUT2D eigenvalue weighted by Gasteiger charge is -2.17. The number of hydrogen-bond acceptors (Lipinski definition) is 5. The van der Waals surface area contributed by atoms with Crippen molar-refractivity contribution >= 4 is 11.7 Å². The Balaban J connectivity index is 1.85. The summed E-state index contributed by atoms with van der Waals surface area (Å²) >= 11 is 0. The van der Waals surface area contributed by atoms with Gasteiger partial charge in [0.2, 0.25) is 11.7 Å². The van der Waals surface area contributed by atoms with Crippen LogP contribution >= 0.6 is 0 Å². The predicted molar refractivity (Wildman–Crippen MR) is 87.9 cm³/mol. The zero-order chi connectivity index (χ0) is 17.7. The predicted octanol–water partition coefficient (Wildman–Crippen LogP) is 1.99. The second-order valence-corrected chi connectivity index (χ2v) is 5.53. The van der Waals surface area contributed by atoms with Crippen molar-refractivity contribution in [3.63, 3.8) is 0 Å². The molecule has 0 fully saturated rings. The highest BCUT2D eigenvalue weighted by Gasteiger charge is 2.17. The van der Waals surface area contributed by atoms with E-state index in [9.17, 15) is 14.9 Å². The Morgan fingerprint density at radius 1 is 1.42 bits per heavy atom. The molecule has 1 aromatic carbocycles. The van der Waals surface area contributed by atoms with Crippen molar-refractivity contribution in [2.75, 3.05) is 6.54 Å². The van der Waals surface area contributed by atoms with E-state index in [4.69, 9.17) is 4.74 Å². The van der Waals surface area contributed by atoms with Crippen LogP contribution in [0.4, 0.5) is 5.82 Å². The van der Waals surface area contributed by atoms with Crippen molar-refractivity contribution in [3.05, 3.63) is 52.0 Å². The van der Waals surface area contributed by atoms with Gasteiger partial charge in [0.05, 0.1) is 6.54 Å². The number of para-hydroxylation sites is 1. The minimum absolute atomic E-state index is 0.0240. The van der Waals surface area contributed by atoms with Crippen LogP contribution in [0.5, 0.6) is 5.75 Å². The number of amides is 1. The Kier molecular flexibility index (Phi) is 5.51. The van der Waals surface area contributed by atoms with Gasteiger partial charge in [-0.2, -0.15) is 0 Å². The normalized spacial score (nSPS) is 11.8. The zero-order valence-corrected chi connectivity index (χ0v) is 13.9. The number of imidazole rings is 1. The highest BCUT2D eigenvalue weighted by atomic mass is 16.6. The number of nitrogens with zero attached hydrogens (tertiary/aromatic N) is 3. The first kappa shape index (κ1) is 17.5. The van der Waals surface area contributed by atoms with Gasteiger partial charge in [0.1, 0.15) is 24.6 Å². The average molecular weight is 332 g/mol. The van der Waals surface area contributed by atoms with E-state index in [0.29, 0.717) is 12.4 Å². The number of benzene rings is 1. The number of hydrogen-bond donors (Lipinski definition) is 1. The molecule has 0 unspecified atom stereocenters. The lowest BCUT2D eigenvalue weighted by atomic mass is 10.2. The van der Waals surface area contributed by atoms with E-state index in [-0.39, 0.29) is 24.4 Å². The molecule has 0 aliphatic carbocycles. The first-order valence-corrected chi connectivity index (χ1v) is 7.54. The summed E-state index contributed by atoms with van der Waals surface area (Å²) in [5.41, 5.74) is 1.03. The molecule has 1 N–H and O–H groups in total. The minimum atomic E-state index is -0.584. The maximum absolute atomic E-state index is 12.0. The van der Waals surface area contributed by atoms with Crippen LogP contribution < -0.4 is 10.1 Å². The highest BCUT2D eigenvalue weighted by molar-refractivity contribution is 5.75. The van der Waals surface area contributed by atoms with Crippen LogP contribution in [0.15, 0.2) is 30.5 Å². The van der Waals surface area contributed by atoms with Crippen molar-refractivity contribution in [3.8, 4) is 5.75 Å². The number of rotatable bonds is 7. The van der Waals surface area contributed by atoms with Crippen molar-refractivity contribution in [2.24, 2.45) is 0 Å². The molecular weight excluding hydrogens is 312 g/mol. The van der Waals surface area contributed by atoms with Gasteiger partial charge in [-0.05, 0) is 35.4 Å². The number of nitrogens with one attached hydrogen (secondary N) is 1. The van der Waals surface area contributed by atoms with E-state index in [1.807, 2.05) is 38.1 Å². The molecular formula is C16H20N4O4. The van der Waals surface area contributed by atoms with Crippen molar-refractivity contribution in [2.45, 2.75) is 33.4 Å². The fraction of sp³-hybridized carbons (Fsp3) is 0.375. The molecule has 0 aliphatic heterocycles. The second kappa shape index (κ2) is 7.58. The third-order valence-corrected chi connectivity index (χ3v) is 3.47. The van der Waals surface area contributed by atoms with Crippen LogP contribution in [0.3, 0.4) is 0 Å². The minimum Gasteiger partial charge on any atom is -0.489 e. The van der Waals surface area contributed by atoms with E-state index in [1.54, 1.807) is 6.92 Å². The quantitative estimate of drug-likeness (QED) is 0.617. The van der Waals surface area contributed by atoms with Crippen molar-refractivity contribution < 1.29 is 14.5 Å². The summed E-state index contributed by atoms with van der Waals surface area (Å²) in [6, 6.07) is 7.65. The molecule has 8 nitrogen and oxygen atoms in total. The SMILES string of the molecule is Cc1ccccc1O[C@@H](C)CNC(=O)Cn1cc([N+](=O)[O-])nc1C. The smallest absolute Gasteiger partial charge is 0.381 e. The molecule has 2 rings (SSSR count). The number of carbonyl (C=O) groups is 1. The number of nitro groups is 1. The summed E-state index contributed by atoms with van der Waals surface area (Å²) in [7, 11) is 0. The maximum Gasteiger partial charge on any atom is 0.381 e. The number of aryl methyl sites for hydroxylation is 2. The molecule has 0 saturated heterocycles. The van der Waals surface area contributed by atoms with Gasteiger partial charge in [-0.3, -0.25) is 9.36 Å². The third kappa shape index (κ3) is 4.55. The van der Waals surface area contributed by atoms with E-state index >= 15 is 0 Å². The van der Waals surface area contributed by atoms with Gasteiger partial charge in [-0.25, -0.2) is 0 Å². The van der Waals surface area contributed by atoms with Crippen LogP contribution in [0.25, 0.3) is 0 Å². The summed E-state index contributed by atoms with van der Waals surface area (Å²) in [5.74, 6) is 0.670. The maximum atomic E-state index is 12.0. The Morgan fingerprint density at radius 2 is 2.12 bits per heavy atom. The fourth-order valence-corrected chi connectivity index (χ4v) is 2.15. The molecule has 0 bridgehead atoms. The third-order valence-electron chi connectivity index (χ3n) is 3.47. The molecule has 0 radical (unpaired) electrons. The first-order chi connectivity index (χ1) is 11.4. The van der Waals surface area contributed by atoms with Gasteiger partial charge in [-0.1, -0.05) is 18.2 Å². The first-order valence-electron chi connectivity index (χ1n) is 7.54. The van der Waals surface area contributed by atoms with Crippen molar-refractivity contribution in [1.82, 2.24) is 14.9 Å². The summed E-state index contributed by atoms with van der Waals surface area (Å²) < 4.78 is 7.23. The molecule has 1 amide bonds. The van der Waals surface area contributed by atoms with Gasteiger partial charge < -0.3 is 20.2 Å². The number of ether oxygens (including phenoxy) is 1. The average Bonchev–Trinajstić information content (AvgIpc) is 2.89. The Hall–Kier alpha value is -2.90. The molecule has 0 saturated carbocycles. The zero-order valence-electron chi connectivity index (χ0n) is 13.9. The Labute approximate surface area is 139 Å². The van der Waals surface area contributed by atoms with Crippen LogP contribution in [0.1, 0.15) is 18.3 Å². The summed E-state index contributed by atoms with van der Waals surface area (Å²) in [6.45, 7) is 5.74. The van der Waals surface area contributed by atoms with Crippen LogP contribution in [0, 0.1) is 24.0 Å². The van der Waals surface area contributed by atoms with Gasteiger partial charge >= 0.3 is 5.82 Å². The van der Waals surface area contributed by atoms with Crippen LogP contribution in [-0.2, 0) is 11.3 Å². The molecule has 24 heavy (non-hydrogen) atoms. The summed E-state index contributed by atoms with van der Waals surface area (Å²) in [6.07, 6.45) is 1.05. The molecule has 2 aromatic rings. The lowest BCUT2D eigenvalue weighted by molar-refractivity contribution is -0.389. The molecule has 1 aromatic heterocycles. The van der Waals surface area contributed by atoms with Crippen molar-refractivity contribution in [1.29, 1.82) is 0 Å². The molecule has 8 heteroatoms. The highest BCUT2D eigenvalue weighted by Crippen LogP contribution is 2.17. The summed E-state index contributed by atoms with van der Waals surface area (Å²) in [4.78, 5) is 25.9. The van der Waals surface area contributed by atoms with Gasteiger partial charge in [-0.15, -0.1) is 0 Å². The largest absolute Gasteiger partial charge is 0.489 e. The second-order valence-electron chi connectivity index (χ2n) is 5.53. The van der Waals surface area contributed by atoms with E-state index in [0.717, 1.165) is 11.3 Å². The van der Waals surface area contributed by atoms with E-state index in [2.05, 4.69) is 10.3 Å². The molecule has 1 atom stereocenters. The topological polar surface area (TPSA) is 99.3 Å². The Bertz CT molecular complexity index is 741. The van der Waals surface area contributed by atoms with Crippen LogP contribution in [0.2, 0.25) is 0 Å². The Morgan fingerprint density at radius 3 is 2.75 bits per heavy atom. The molecule has 128 valence electrons. The molecule has 0 spiro atoms. The van der Waals surface area contributed by atoms with E-state index < -0.39 is 4.92 Å². The van der Waals surface area contributed by atoms with Gasteiger partial charge in [0.25, 0.3) is 0 Å². The monoisotopic (exact) mass is 332 g/mol. The van der Waals surface area contributed by atoms with E-state index in [1.165, 1.54) is 10.8 Å². The number of carbonyl (C=O) groups excluding carboxylic acids is 1. The molecule has 1 heterocycles. The summed E-state index contributed by atoms with van der Waals surface area (Å²) in [5, 5.41) is 13.4. The molecule has 0 aliphatic rings. The fourth-order valence-electron chi connectivity index (χ4n) is 2.15.